The van der Waals surface area contributed by atoms with Crippen LogP contribution < -0.4 is 5.32 Å². The molecule has 38 heavy (non-hydrogen) atoms. The summed E-state index contributed by atoms with van der Waals surface area (Å²) >= 11 is 1.27. The first-order valence-corrected chi connectivity index (χ1v) is 13.9. The molecule has 0 aliphatic carbocycles. The Balaban J connectivity index is 1.66. The smallest absolute Gasteiger partial charge is 0.303 e. The maximum absolute atomic E-state index is 12.9. The molecule has 3 atom stereocenters. The number of benzene rings is 1. The van der Waals surface area contributed by atoms with Crippen LogP contribution in [0.1, 0.15) is 75.5 Å². The van der Waals surface area contributed by atoms with Gasteiger partial charge < -0.3 is 15.0 Å². The van der Waals surface area contributed by atoms with Crippen molar-refractivity contribution in [2.24, 2.45) is 11.8 Å². The SMILES string of the molecule is CC[C@H](C)CC(=O)N(C)[C@H](C[C@@H](OC(C)=O)c1nc(C(=O)NCCn2nnc3ccccc32)cs1)C(C)C. The summed E-state index contributed by atoms with van der Waals surface area (Å²) < 4.78 is 7.37. The van der Waals surface area contributed by atoms with Crippen LogP contribution in [0.2, 0.25) is 0 Å². The van der Waals surface area contributed by atoms with Gasteiger partial charge in [0.25, 0.3) is 5.91 Å². The Labute approximate surface area is 227 Å². The Morgan fingerprint density at radius 3 is 2.61 bits per heavy atom. The van der Waals surface area contributed by atoms with Gasteiger partial charge in [-0.2, -0.15) is 0 Å². The Morgan fingerprint density at radius 1 is 1.18 bits per heavy atom. The van der Waals surface area contributed by atoms with E-state index in [9.17, 15) is 14.4 Å². The lowest BCUT2D eigenvalue weighted by Crippen LogP contribution is -2.42. The van der Waals surface area contributed by atoms with Gasteiger partial charge in [0.05, 0.1) is 12.1 Å². The van der Waals surface area contributed by atoms with Crippen LogP contribution in [0.5, 0.6) is 0 Å². The highest BCUT2D eigenvalue weighted by Crippen LogP contribution is 2.30. The topological polar surface area (TPSA) is 119 Å². The molecule has 1 aromatic carbocycles. The van der Waals surface area contributed by atoms with Gasteiger partial charge in [-0.25, -0.2) is 9.67 Å². The van der Waals surface area contributed by atoms with Crippen LogP contribution in [0.3, 0.4) is 0 Å². The number of fused-ring (bicyclic) bond motifs is 1. The number of hydrogen-bond acceptors (Lipinski definition) is 8. The van der Waals surface area contributed by atoms with Gasteiger partial charge in [-0.3, -0.25) is 14.4 Å². The van der Waals surface area contributed by atoms with Gasteiger partial charge in [-0.05, 0) is 24.0 Å². The minimum Gasteiger partial charge on any atom is -0.455 e. The first kappa shape index (κ1) is 29.2. The number of carbonyl (C=O) groups excluding carboxylic acids is 3. The molecular weight excluding hydrogens is 504 g/mol. The van der Waals surface area contributed by atoms with Gasteiger partial charge in [-0.15, -0.1) is 16.4 Å². The minimum absolute atomic E-state index is 0.0685. The standard InChI is InChI=1S/C27H38N6O4S/c1-7-18(4)14-25(35)32(6)23(17(2)3)15-24(37-19(5)34)27-29-21(16-38-27)26(36)28-12-13-33-22-11-9-8-10-20(22)30-31-33/h8-11,16-18,23-24H,7,12-15H2,1-6H3,(H,28,36)/t18-,23+,24+/m0/s1. The zero-order chi connectivity index (χ0) is 27.8. The second-order valence-corrected chi connectivity index (χ2v) is 10.9. The fourth-order valence-corrected chi connectivity index (χ4v) is 5.10. The summed E-state index contributed by atoms with van der Waals surface area (Å²) in [5.41, 5.74) is 1.95. The maximum atomic E-state index is 12.9. The summed E-state index contributed by atoms with van der Waals surface area (Å²) in [6, 6.07) is 7.48. The van der Waals surface area contributed by atoms with Gasteiger partial charge in [0.2, 0.25) is 5.91 Å². The molecule has 2 aromatic heterocycles. The van der Waals surface area contributed by atoms with E-state index in [0.29, 0.717) is 36.9 Å². The second-order valence-electron chi connectivity index (χ2n) is 10.00. The average molecular weight is 543 g/mol. The van der Waals surface area contributed by atoms with Crippen molar-refractivity contribution in [3.05, 3.63) is 40.3 Å². The molecule has 1 N–H and O–H groups in total. The predicted molar refractivity (Wildman–Crippen MR) is 147 cm³/mol. The third-order valence-electron chi connectivity index (χ3n) is 6.70. The van der Waals surface area contributed by atoms with E-state index < -0.39 is 12.1 Å². The van der Waals surface area contributed by atoms with E-state index in [1.54, 1.807) is 22.0 Å². The first-order chi connectivity index (χ1) is 18.1. The van der Waals surface area contributed by atoms with E-state index in [4.69, 9.17) is 4.74 Å². The second kappa shape index (κ2) is 13.5. The number of nitrogens with one attached hydrogen (secondary N) is 1. The molecule has 0 aliphatic heterocycles. The van der Waals surface area contributed by atoms with Crippen molar-refractivity contribution in [3.63, 3.8) is 0 Å². The highest BCUT2D eigenvalue weighted by Gasteiger charge is 2.31. The van der Waals surface area contributed by atoms with Crippen molar-refractivity contribution in [1.82, 2.24) is 30.2 Å². The van der Waals surface area contributed by atoms with Crippen LogP contribution in [0.4, 0.5) is 0 Å². The number of ether oxygens (including phenoxy) is 1. The molecule has 0 radical (unpaired) electrons. The Morgan fingerprint density at radius 2 is 1.92 bits per heavy atom. The van der Waals surface area contributed by atoms with Crippen molar-refractivity contribution >= 4 is 40.2 Å². The number of carbonyl (C=O) groups is 3. The van der Waals surface area contributed by atoms with Crippen LogP contribution in [-0.2, 0) is 20.9 Å². The Hall–Kier alpha value is -3.34. The van der Waals surface area contributed by atoms with Crippen LogP contribution in [0.25, 0.3) is 11.0 Å². The summed E-state index contributed by atoms with van der Waals surface area (Å²) in [4.78, 5) is 43.9. The molecule has 0 spiro atoms. The normalized spacial score (nSPS) is 13.8. The fourth-order valence-electron chi connectivity index (χ4n) is 4.26. The molecule has 0 fully saturated rings. The number of para-hydroxylation sites is 1. The number of esters is 1. The molecule has 0 saturated carbocycles. The number of aromatic nitrogens is 4. The molecule has 0 aliphatic rings. The minimum atomic E-state index is -0.660. The lowest BCUT2D eigenvalue weighted by atomic mass is 9.95. The van der Waals surface area contributed by atoms with Crippen molar-refractivity contribution in [1.29, 1.82) is 0 Å². The van der Waals surface area contributed by atoms with Gasteiger partial charge in [0, 0.05) is 44.8 Å². The summed E-state index contributed by atoms with van der Waals surface area (Å²) in [6.07, 6.45) is 1.14. The summed E-state index contributed by atoms with van der Waals surface area (Å²) in [5, 5.41) is 13.3. The molecule has 2 heterocycles. The highest BCUT2D eigenvalue weighted by molar-refractivity contribution is 7.09. The lowest BCUT2D eigenvalue weighted by Gasteiger charge is -2.34. The molecular formula is C27H38N6O4S. The summed E-state index contributed by atoms with van der Waals surface area (Å²) in [6.45, 7) is 10.4. The molecule has 11 heteroatoms. The molecule has 0 bridgehead atoms. The fraction of sp³-hybridized carbons (Fsp3) is 0.556. The molecule has 206 valence electrons. The molecule has 2 amide bonds. The van der Waals surface area contributed by atoms with Gasteiger partial charge in [0.15, 0.2) is 6.10 Å². The molecule has 3 aromatic rings. The third kappa shape index (κ3) is 7.59. The summed E-state index contributed by atoms with van der Waals surface area (Å²) in [5.74, 6) is -0.258. The zero-order valence-corrected chi connectivity index (χ0v) is 23.8. The summed E-state index contributed by atoms with van der Waals surface area (Å²) in [7, 11) is 1.80. The van der Waals surface area contributed by atoms with Crippen LogP contribution in [-0.4, -0.2) is 62.3 Å². The molecule has 3 rings (SSSR count). The van der Waals surface area contributed by atoms with Gasteiger partial charge >= 0.3 is 5.97 Å². The van der Waals surface area contributed by atoms with Crippen molar-refractivity contribution in [2.45, 2.75) is 72.6 Å². The largest absolute Gasteiger partial charge is 0.455 e. The lowest BCUT2D eigenvalue weighted by molar-refractivity contribution is -0.148. The number of nitrogens with zero attached hydrogens (tertiary/aromatic N) is 5. The van der Waals surface area contributed by atoms with Crippen LogP contribution in [0.15, 0.2) is 29.6 Å². The van der Waals surface area contributed by atoms with Gasteiger partial charge in [-0.1, -0.05) is 51.5 Å². The van der Waals surface area contributed by atoms with Crippen molar-refractivity contribution < 1.29 is 19.1 Å². The highest BCUT2D eigenvalue weighted by atomic mass is 32.1. The van der Waals surface area contributed by atoms with E-state index in [1.807, 2.05) is 38.1 Å². The van der Waals surface area contributed by atoms with Crippen molar-refractivity contribution in [2.75, 3.05) is 13.6 Å². The predicted octanol–water partition coefficient (Wildman–Crippen LogP) is 4.23. The molecule has 0 unspecified atom stereocenters. The Kier molecular flexibility index (Phi) is 10.3. The molecule has 0 saturated heterocycles. The quantitative estimate of drug-likeness (QED) is 0.321. The Bertz CT molecular complexity index is 1240. The third-order valence-corrected chi connectivity index (χ3v) is 7.64. The van der Waals surface area contributed by atoms with E-state index >= 15 is 0 Å². The number of amides is 2. The van der Waals surface area contributed by atoms with Crippen LogP contribution >= 0.6 is 11.3 Å². The van der Waals surface area contributed by atoms with Crippen molar-refractivity contribution in [3.8, 4) is 0 Å². The first-order valence-electron chi connectivity index (χ1n) is 13.0. The van der Waals surface area contributed by atoms with Gasteiger partial charge in [0.1, 0.15) is 16.2 Å². The van der Waals surface area contributed by atoms with Crippen LogP contribution in [0, 0.1) is 11.8 Å². The number of thiazole rings is 1. The average Bonchev–Trinajstić information content (AvgIpc) is 3.53. The van der Waals surface area contributed by atoms with E-state index in [2.05, 4.69) is 34.5 Å². The van der Waals surface area contributed by atoms with E-state index in [-0.39, 0.29) is 29.5 Å². The van der Waals surface area contributed by atoms with E-state index in [1.165, 1.54) is 18.3 Å². The maximum Gasteiger partial charge on any atom is 0.303 e. The van der Waals surface area contributed by atoms with E-state index in [0.717, 1.165) is 17.5 Å². The number of hydrogen-bond donors (Lipinski definition) is 1. The molecule has 10 nitrogen and oxygen atoms in total. The monoisotopic (exact) mass is 542 g/mol. The number of rotatable bonds is 13. The zero-order valence-electron chi connectivity index (χ0n) is 23.0.